The lowest BCUT2D eigenvalue weighted by Gasteiger charge is -2.12. The second-order valence-electron chi connectivity index (χ2n) is 4.67. The van der Waals surface area contributed by atoms with E-state index >= 15 is 0 Å². The summed E-state index contributed by atoms with van der Waals surface area (Å²) in [5.74, 6) is 1.15. The predicted molar refractivity (Wildman–Crippen MR) is 71.0 cm³/mol. The average molecular weight is 259 g/mol. The fourth-order valence-corrected chi connectivity index (χ4v) is 1.54. The van der Waals surface area contributed by atoms with E-state index in [1.54, 1.807) is 12.4 Å². The highest BCUT2D eigenvalue weighted by molar-refractivity contribution is 5.78. The number of hydrogen-bond acceptors (Lipinski definition) is 4. The van der Waals surface area contributed by atoms with Gasteiger partial charge in [0.2, 0.25) is 5.91 Å². The lowest BCUT2D eigenvalue weighted by atomic mass is 10.2. The molecular weight excluding hydrogens is 242 g/mol. The summed E-state index contributed by atoms with van der Waals surface area (Å²) in [6.07, 6.45) is 3.40. The van der Waals surface area contributed by atoms with E-state index in [2.05, 4.69) is 25.5 Å². The van der Waals surface area contributed by atoms with Crippen molar-refractivity contribution >= 4 is 5.91 Å². The van der Waals surface area contributed by atoms with Crippen LogP contribution in [-0.2, 0) is 4.79 Å². The molecule has 6 heteroatoms. The van der Waals surface area contributed by atoms with Crippen LogP contribution in [0.1, 0.15) is 32.6 Å². The van der Waals surface area contributed by atoms with Gasteiger partial charge < -0.3 is 5.32 Å². The number of carbonyl (C=O) groups excluding carboxylic acids is 1. The van der Waals surface area contributed by atoms with Crippen LogP contribution in [0.25, 0.3) is 11.4 Å². The number of nitrogens with zero attached hydrogens (tertiary/aromatic N) is 3. The van der Waals surface area contributed by atoms with Gasteiger partial charge in [0.25, 0.3) is 0 Å². The Morgan fingerprint density at radius 1 is 1.37 bits per heavy atom. The molecule has 2 aromatic rings. The Hall–Kier alpha value is -2.24. The van der Waals surface area contributed by atoms with E-state index in [-0.39, 0.29) is 17.9 Å². The number of pyridine rings is 1. The molecule has 6 nitrogen and oxygen atoms in total. The number of amides is 1. The van der Waals surface area contributed by atoms with Gasteiger partial charge >= 0.3 is 0 Å². The fraction of sp³-hybridized carbons (Fsp3) is 0.385. The molecule has 0 saturated heterocycles. The van der Waals surface area contributed by atoms with Crippen molar-refractivity contribution in [1.29, 1.82) is 0 Å². The van der Waals surface area contributed by atoms with Crippen molar-refractivity contribution < 1.29 is 4.79 Å². The number of rotatable bonds is 4. The third-order valence-corrected chi connectivity index (χ3v) is 2.72. The molecule has 1 amide bonds. The van der Waals surface area contributed by atoms with Gasteiger partial charge in [-0.2, -0.15) is 5.10 Å². The summed E-state index contributed by atoms with van der Waals surface area (Å²) in [4.78, 5) is 20.0. The van der Waals surface area contributed by atoms with Gasteiger partial charge in [-0.05, 0) is 19.1 Å². The molecule has 0 bridgehead atoms. The minimum Gasteiger partial charge on any atom is -0.346 e. The Morgan fingerprint density at radius 3 is 2.79 bits per heavy atom. The number of H-pyrrole nitrogens is 1. The Bertz CT molecular complexity index is 549. The van der Waals surface area contributed by atoms with Crippen molar-refractivity contribution in [1.82, 2.24) is 25.5 Å². The zero-order valence-corrected chi connectivity index (χ0v) is 11.2. The Balaban J connectivity index is 2.11. The van der Waals surface area contributed by atoms with Crippen LogP contribution in [-0.4, -0.2) is 26.1 Å². The first kappa shape index (κ1) is 13.2. The quantitative estimate of drug-likeness (QED) is 0.875. The molecule has 100 valence electrons. The van der Waals surface area contributed by atoms with Gasteiger partial charge in [-0.15, -0.1) is 0 Å². The maximum absolute atomic E-state index is 11.6. The van der Waals surface area contributed by atoms with Crippen LogP contribution >= 0.6 is 0 Å². The van der Waals surface area contributed by atoms with Crippen LogP contribution in [0.2, 0.25) is 0 Å². The van der Waals surface area contributed by atoms with E-state index in [1.807, 2.05) is 32.9 Å². The molecule has 2 N–H and O–H groups in total. The zero-order chi connectivity index (χ0) is 13.8. The SMILES string of the molecule is CC(C)C(=O)N[C@H](C)c1nc(-c2cccnc2)n[nH]1. The first-order valence-electron chi connectivity index (χ1n) is 6.21. The van der Waals surface area contributed by atoms with Crippen LogP contribution in [0.15, 0.2) is 24.5 Å². The van der Waals surface area contributed by atoms with E-state index in [4.69, 9.17) is 0 Å². The summed E-state index contributed by atoms with van der Waals surface area (Å²) in [6, 6.07) is 3.51. The van der Waals surface area contributed by atoms with Crippen LogP contribution in [0, 0.1) is 5.92 Å². The highest BCUT2D eigenvalue weighted by Crippen LogP contribution is 2.15. The molecule has 2 heterocycles. The van der Waals surface area contributed by atoms with Crippen molar-refractivity contribution in [3.8, 4) is 11.4 Å². The van der Waals surface area contributed by atoms with Crippen molar-refractivity contribution in [2.45, 2.75) is 26.8 Å². The highest BCUT2D eigenvalue weighted by Gasteiger charge is 2.16. The van der Waals surface area contributed by atoms with Crippen molar-refractivity contribution in [2.75, 3.05) is 0 Å². The number of aromatic amines is 1. The Kier molecular flexibility index (Phi) is 3.89. The predicted octanol–water partition coefficient (Wildman–Crippen LogP) is 1.70. The molecule has 2 rings (SSSR count). The normalized spacial score (nSPS) is 12.4. The van der Waals surface area contributed by atoms with E-state index in [9.17, 15) is 4.79 Å². The second-order valence-corrected chi connectivity index (χ2v) is 4.67. The van der Waals surface area contributed by atoms with Crippen LogP contribution < -0.4 is 5.32 Å². The molecule has 0 unspecified atom stereocenters. The number of aromatic nitrogens is 4. The molecule has 0 aliphatic carbocycles. The molecule has 0 spiro atoms. The maximum atomic E-state index is 11.6. The number of carbonyl (C=O) groups is 1. The van der Waals surface area contributed by atoms with Gasteiger partial charge in [-0.1, -0.05) is 13.8 Å². The summed E-state index contributed by atoms with van der Waals surface area (Å²) in [5.41, 5.74) is 0.840. The van der Waals surface area contributed by atoms with Gasteiger partial charge in [-0.25, -0.2) is 4.98 Å². The van der Waals surface area contributed by atoms with Gasteiger partial charge in [0.1, 0.15) is 5.82 Å². The first-order chi connectivity index (χ1) is 9.08. The van der Waals surface area contributed by atoms with Crippen LogP contribution in [0.3, 0.4) is 0 Å². The summed E-state index contributed by atoms with van der Waals surface area (Å²) < 4.78 is 0. The van der Waals surface area contributed by atoms with Gasteiger partial charge in [0.15, 0.2) is 5.82 Å². The molecular formula is C13H17N5O. The Labute approximate surface area is 111 Å². The topological polar surface area (TPSA) is 83.6 Å². The van der Waals surface area contributed by atoms with E-state index < -0.39 is 0 Å². The van der Waals surface area contributed by atoms with Crippen molar-refractivity contribution in [3.05, 3.63) is 30.4 Å². The average Bonchev–Trinajstić information content (AvgIpc) is 2.89. The largest absolute Gasteiger partial charge is 0.346 e. The fourth-order valence-electron chi connectivity index (χ4n) is 1.54. The van der Waals surface area contributed by atoms with Crippen molar-refractivity contribution in [2.24, 2.45) is 5.92 Å². The molecule has 0 radical (unpaired) electrons. The van der Waals surface area contributed by atoms with E-state index in [0.29, 0.717) is 11.6 Å². The molecule has 0 saturated carbocycles. The zero-order valence-electron chi connectivity index (χ0n) is 11.2. The molecule has 0 aliphatic rings. The molecule has 2 aromatic heterocycles. The second kappa shape index (κ2) is 5.60. The number of nitrogens with one attached hydrogen (secondary N) is 2. The minimum atomic E-state index is -0.201. The molecule has 0 aromatic carbocycles. The third-order valence-electron chi connectivity index (χ3n) is 2.72. The lowest BCUT2D eigenvalue weighted by molar-refractivity contribution is -0.124. The third kappa shape index (κ3) is 3.15. The number of hydrogen-bond donors (Lipinski definition) is 2. The first-order valence-corrected chi connectivity index (χ1v) is 6.21. The molecule has 1 atom stereocenters. The van der Waals surface area contributed by atoms with E-state index in [0.717, 1.165) is 5.56 Å². The molecule has 19 heavy (non-hydrogen) atoms. The maximum Gasteiger partial charge on any atom is 0.223 e. The van der Waals surface area contributed by atoms with Crippen LogP contribution in [0.5, 0.6) is 0 Å². The van der Waals surface area contributed by atoms with Gasteiger partial charge in [0.05, 0.1) is 6.04 Å². The summed E-state index contributed by atoms with van der Waals surface area (Å²) in [7, 11) is 0. The van der Waals surface area contributed by atoms with Gasteiger partial charge in [0, 0.05) is 23.9 Å². The van der Waals surface area contributed by atoms with Crippen molar-refractivity contribution in [3.63, 3.8) is 0 Å². The standard InChI is InChI=1S/C13H17N5O/c1-8(2)13(19)15-9(3)11-16-12(18-17-11)10-5-4-6-14-7-10/h4-9H,1-3H3,(H,15,19)(H,16,17,18)/t9-/m1/s1. The summed E-state index contributed by atoms with van der Waals surface area (Å²) in [6.45, 7) is 5.57. The summed E-state index contributed by atoms with van der Waals surface area (Å²) >= 11 is 0. The lowest BCUT2D eigenvalue weighted by Crippen LogP contribution is -2.30. The molecule has 0 aliphatic heterocycles. The minimum absolute atomic E-state index is 0.00757. The van der Waals surface area contributed by atoms with Crippen LogP contribution in [0.4, 0.5) is 0 Å². The molecule has 0 fully saturated rings. The highest BCUT2D eigenvalue weighted by atomic mass is 16.1. The summed E-state index contributed by atoms with van der Waals surface area (Å²) in [5, 5.41) is 9.85. The Morgan fingerprint density at radius 2 is 2.16 bits per heavy atom. The van der Waals surface area contributed by atoms with E-state index in [1.165, 1.54) is 0 Å². The van der Waals surface area contributed by atoms with Gasteiger partial charge in [-0.3, -0.25) is 14.9 Å². The smallest absolute Gasteiger partial charge is 0.223 e. The monoisotopic (exact) mass is 259 g/mol.